The van der Waals surface area contributed by atoms with Gasteiger partial charge in [0.05, 0.1) is 30.2 Å². The minimum Gasteiger partial charge on any atom is -0.491 e. The summed E-state index contributed by atoms with van der Waals surface area (Å²) in [6.45, 7) is 4.08. The van der Waals surface area contributed by atoms with Gasteiger partial charge in [0.15, 0.2) is 5.11 Å². The topological polar surface area (TPSA) is 92.6 Å². The minimum atomic E-state index is -0.383. The maximum Gasteiger partial charge on any atom is 0.257 e. The Balaban J connectivity index is 1.63. The first-order chi connectivity index (χ1) is 14.9. The zero-order chi connectivity index (χ0) is 22.2. The summed E-state index contributed by atoms with van der Waals surface area (Å²) in [5, 5.41) is 8.40. The summed E-state index contributed by atoms with van der Waals surface area (Å²) in [6, 6.07) is 17.2. The molecule has 0 aliphatic heterocycles. The van der Waals surface area contributed by atoms with E-state index < -0.39 is 0 Å². The lowest BCUT2D eigenvalue weighted by Gasteiger charge is -2.14. The zero-order valence-electron chi connectivity index (χ0n) is 17.2. The summed E-state index contributed by atoms with van der Waals surface area (Å²) in [5.41, 5.74) is 1.27. The molecular weight excluding hydrogens is 414 g/mol. The van der Waals surface area contributed by atoms with Crippen LogP contribution in [0.15, 0.2) is 71.3 Å². The first-order valence-electron chi connectivity index (χ1n) is 9.71. The summed E-state index contributed by atoms with van der Waals surface area (Å²) in [6.07, 6.45) is 1.54. The Morgan fingerprint density at radius 1 is 1.03 bits per heavy atom. The lowest BCUT2D eigenvalue weighted by atomic mass is 10.1. The molecule has 0 fully saturated rings. The van der Waals surface area contributed by atoms with E-state index >= 15 is 0 Å². The third kappa shape index (κ3) is 6.42. The van der Waals surface area contributed by atoms with Gasteiger partial charge < -0.3 is 19.8 Å². The van der Waals surface area contributed by atoms with Crippen LogP contribution in [0.1, 0.15) is 40.3 Å². The second-order valence-electron chi connectivity index (χ2n) is 6.91. The van der Waals surface area contributed by atoms with Crippen LogP contribution in [0.3, 0.4) is 0 Å². The summed E-state index contributed by atoms with van der Waals surface area (Å²) in [4.78, 5) is 25.1. The van der Waals surface area contributed by atoms with Crippen molar-refractivity contribution in [1.82, 2.24) is 10.6 Å². The first kappa shape index (κ1) is 22.0. The fraction of sp³-hybridized carbons (Fsp3) is 0.174. The van der Waals surface area contributed by atoms with Crippen molar-refractivity contribution in [1.29, 1.82) is 0 Å². The van der Waals surface area contributed by atoms with Crippen LogP contribution in [0.4, 0.5) is 5.69 Å². The highest BCUT2D eigenvalue weighted by molar-refractivity contribution is 7.80. The Morgan fingerprint density at radius 3 is 2.58 bits per heavy atom. The van der Waals surface area contributed by atoms with Crippen LogP contribution in [0.5, 0.6) is 5.75 Å². The molecule has 3 N–H and O–H groups in total. The molecule has 0 bridgehead atoms. The van der Waals surface area contributed by atoms with E-state index in [1.165, 1.54) is 0 Å². The molecule has 0 saturated heterocycles. The number of amides is 2. The van der Waals surface area contributed by atoms with E-state index in [2.05, 4.69) is 16.0 Å². The molecule has 0 aliphatic carbocycles. The third-order valence-electron chi connectivity index (χ3n) is 4.12. The van der Waals surface area contributed by atoms with Gasteiger partial charge in [-0.05, 0) is 68.5 Å². The van der Waals surface area contributed by atoms with Crippen LogP contribution in [0, 0.1) is 0 Å². The molecule has 0 spiro atoms. The van der Waals surface area contributed by atoms with Gasteiger partial charge >= 0.3 is 0 Å². The Morgan fingerprint density at radius 2 is 1.84 bits per heavy atom. The molecule has 2 amide bonds. The smallest absolute Gasteiger partial charge is 0.257 e. The zero-order valence-corrected chi connectivity index (χ0v) is 18.0. The molecule has 0 unspecified atom stereocenters. The quantitative estimate of drug-likeness (QED) is 0.482. The molecule has 2 aromatic carbocycles. The predicted molar refractivity (Wildman–Crippen MR) is 122 cm³/mol. The van der Waals surface area contributed by atoms with Crippen molar-refractivity contribution in [2.24, 2.45) is 0 Å². The van der Waals surface area contributed by atoms with Crippen molar-refractivity contribution in [3.8, 4) is 5.75 Å². The number of hydrogen-bond donors (Lipinski definition) is 3. The van der Waals surface area contributed by atoms with Crippen LogP contribution >= 0.6 is 12.2 Å². The number of hydrogen-bond acceptors (Lipinski definition) is 5. The predicted octanol–water partition coefficient (Wildman–Crippen LogP) is 4.12. The largest absolute Gasteiger partial charge is 0.491 e. The molecule has 0 atom stereocenters. The molecule has 3 aromatic rings. The number of rotatable bonds is 7. The number of anilines is 1. The van der Waals surface area contributed by atoms with E-state index in [-0.39, 0.29) is 29.6 Å². The van der Waals surface area contributed by atoms with Gasteiger partial charge in [0, 0.05) is 5.56 Å². The standard InChI is InChI=1S/C23H23N3O4S/c1-15(2)30-17-8-5-7-16(13-17)21(27)26-23(31)25-20-11-4-3-10-19(20)22(28)24-14-18-9-6-12-29-18/h3-13,15H,14H2,1-2H3,(H,24,28)(H2,25,26,27,31). The average Bonchev–Trinajstić information content (AvgIpc) is 3.26. The van der Waals surface area contributed by atoms with Gasteiger partial charge in [-0.1, -0.05) is 18.2 Å². The van der Waals surface area contributed by atoms with Crippen LogP contribution in [0.2, 0.25) is 0 Å². The monoisotopic (exact) mass is 437 g/mol. The Hall–Kier alpha value is -3.65. The van der Waals surface area contributed by atoms with E-state index in [4.69, 9.17) is 21.4 Å². The van der Waals surface area contributed by atoms with Crippen molar-refractivity contribution in [3.05, 3.63) is 83.8 Å². The Bertz CT molecular complexity index is 1060. The summed E-state index contributed by atoms with van der Waals surface area (Å²) in [5.74, 6) is 0.559. The van der Waals surface area contributed by atoms with E-state index in [9.17, 15) is 9.59 Å². The highest BCUT2D eigenvalue weighted by atomic mass is 32.1. The van der Waals surface area contributed by atoms with Gasteiger partial charge in [0.1, 0.15) is 11.5 Å². The second kappa shape index (κ2) is 10.4. The maximum atomic E-state index is 12.6. The molecule has 31 heavy (non-hydrogen) atoms. The van der Waals surface area contributed by atoms with E-state index in [1.807, 2.05) is 13.8 Å². The van der Waals surface area contributed by atoms with Crippen LogP contribution in [-0.4, -0.2) is 23.0 Å². The molecule has 7 nitrogen and oxygen atoms in total. The highest BCUT2D eigenvalue weighted by Gasteiger charge is 2.14. The number of benzene rings is 2. The van der Waals surface area contributed by atoms with Crippen LogP contribution in [-0.2, 0) is 6.54 Å². The van der Waals surface area contributed by atoms with Gasteiger partial charge in [-0.25, -0.2) is 0 Å². The highest BCUT2D eigenvalue weighted by Crippen LogP contribution is 2.17. The fourth-order valence-electron chi connectivity index (χ4n) is 2.78. The molecule has 0 radical (unpaired) electrons. The van der Waals surface area contributed by atoms with Crippen molar-refractivity contribution < 1.29 is 18.7 Å². The lowest BCUT2D eigenvalue weighted by molar-refractivity contribution is 0.0947. The summed E-state index contributed by atoms with van der Waals surface area (Å²) in [7, 11) is 0. The molecule has 0 saturated carbocycles. The van der Waals surface area contributed by atoms with Crippen molar-refractivity contribution in [3.63, 3.8) is 0 Å². The van der Waals surface area contributed by atoms with Gasteiger partial charge in [0.2, 0.25) is 0 Å². The summed E-state index contributed by atoms with van der Waals surface area (Å²) >= 11 is 5.27. The molecule has 1 heterocycles. The number of nitrogens with one attached hydrogen (secondary N) is 3. The van der Waals surface area contributed by atoms with Crippen LogP contribution in [0.25, 0.3) is 0 Å². The SMILES string of the molecule is CC(C)Oc1cccc(C(=O)NC(=S)Nc2ccccc2C(=O)NCc2ccco2)c1. The van der Waals surface area contributed by atoms with Crippen molar-refractivity contribution >= 4 is 34.8 Å². The van der Waals surface area contributed by atoms with Gasteiger partial charge in [-0.2, -0.15) is 0 Å². The normalized spacial score (nSPS) is 10.4. The molecular formula is C23H23N3O4S. The number of para-hydroxylation sites is 1. The van der Waals surface area contributed by atoms with Crippen LogP contribution < -0.4 is 20.7 Å². The van der Waals surface area contributed by atoms with Crippen molar-refractivity contribution in [2.75, 3.05) is 5.32 Å². The minimum absolute atomic E-state index is 0.00325. The van der Waals surface area contributed by atoms with Gasteiger partial charge in [-0.3, -0.25) is 14.9 Å². The van der Waals surface area contributed by atoms with E-state index in [1.54, 1.807) is 66.9 Å². The molecule has 160 valence electrons. The maximum absolute atomic E-state index is 12.6. The number of thiocarbonyl (C=S) groups is 1. The molecule has 0 aliphatic rings. The number of ether oxygens (including phenoxy) is 1. The lowest BCUT2D eigenvalue weighted by Crippen LogP contribution is -2.35. The number of carbonyl (C=O) groups is 2. The third-order valence-corrected chi connectivity index (χ3v) is 4.32. The molecule has 3 rings (SSSR count). The van der Waals surface area contributed by atoms with Gasteiger partial charge in [-0.15, -0.1) is 0 Å². The van der Waals surface area contributed by atoms with Gasteiger partial charge in [0.25, 0.3) is 11.8 Å². The summed E-state index contributed by atoms with van der Waals surface area (Å²) < 4.78 is 10.8. The van der Waals surface area contributed by atoms with E-state index in [0.717, 1.165) is 0 Å². The Labute approximate surface area is 185 Å². The van der Waals surface area contributed by atoms with Crippen molar-refractivity contribution in [2.45, 2.75) is 26.5 Å². The average molecular weight is 438 g/mol. The molecule has 1 aromatic heterocycles. The van der Waals surface area contributed by atoms with E-state index in [0.29, 0.717) is 28.3 Å². The first-order valence-corrected chi connectivity index (χ1v) is 10.1. The number of carbonyl (C=O) groups excluding carboxylic acids is 2. The molecule has 8 heteroatoms. The number of furan rings is 1. The second-order valence-corrected chi connectivity index (χ2v) is 7.32. The fourth-order valence-corrected chi connectivity index (χ4v) is 2.98. The Kier molecular flexibility index (Phi) is 7.40.